The minimum Gasteiger partial charge on any atom is -0.349 e. The van der Waals surface area contributed by atoms with Crippen molar-refractivity contribution < 1.29 is 4.79 Å². The smallest absolute Gasteiger partial charge is 0.265 e. The molecule has 0 aliphatic heterocycles. The molecule has 2 aromatic heterocycles. The molecule has 0 unspecified atom stereocenters. The normalized spacial score (nSPS) is 11.0. The molecule has 2 heterocycles. The Bertz CT molecular complexity index is 851. The second kappa shape index (κ2) is 8.62. The zero-order chi connectivity index (χ0) is 18.5. The molecule has 5 nitrogen and oxygen atoms in total. The number of benzene rings is 1. The molecular formula is C19H24N4OS2. The molecule has 0 aliphatic carbocycles. The van der Waals surface area contributed by atoms with Crippen molar-refractivity contribution in [3.8, 4) is 0 Å². The minimum absolute atomic E-state index is 0.0754. The first-order valence-electron chi connectivity index (χ1n) is 8.91. The molecule has 0 bridgehead atoms. The third-order valence-corrected chi connectivity index (χ3v) is 6.39. The van der Waals surface area contributed by atoms with Crippen LogP contribution in [0.3, 0.4) is 0 Å². The number of fused-ring (bicyclic) bond motifs is 1. The first-order valence-corrected chi connectivity index (χ1v) is 10.5. The summed E-state index contributed by atoms with van der Waals surface area (Å²) in [6.07, 6.45) is 0. The van der Waals surface area contributed by atoms with Gasteiger partial charge in [0.2, 0.25) is 0 Å². The van der Waals surface area contributed by atoms with Gasteiger partial charge >= 0.3 is 0 Å². The van der Waals surface area contributed by atoms with Gasteiger partial charge in [-0.05, 0) is 38.1 Å². The molecular weight excluding hydrogens is 364 g/mol. The minimum atomic E-state index is -0.0754. The van der Waals surface area contributed by atoms with Crippen LogP contribution in [-0.2, 0) is 6.54 Å². The van der Waals surface area contributed by atoms with Crippen LogP contribution in [0.25, 0.3) is 9.53 Å². The molecule has 0 spiro atoms. The Morgan fingerprint density at radius 3 is 2.62 bits per heavy atom. The molecule has 1 aromatic carbocycles. The average Bonchev–Trinajstić information content (AvgIpc) is 3.21. The highest BCUT2D eigenvalue weighted by Gasteiger charge is 2.16. The molecule has 0 saturated heterocycles. The number of amides is 1. The monoisotopic (exact) mass is 388 g/mol. The lowest BCUT2D eigenvalue weighted by Gasteiger charge is -2.16. The zero-order valence-corrected chi connectivity index (χ0v) is 17.0. The fraction of sp³-hybridized carbons (Fsp3) is 0.368. The van der Waals surface area contributed by atoms with Crippen LogP contribution in [0.2, 0.25) is 0 Å². The van der Waals surface area contributed by atoms with E-state index in [4.69, 9.17) is 4.98 Å². The number of carbonyl (C=O) groups excluding carboxylic acids is 1. The Labute approximate surface area is 162 Å². The molecule has 0 saturated carbocycles. The maximum absolute atomic E-state index is 12.7. The van der Waals surface area contributed by atoms with Gasteiger partial charge in [0.25, 0.3) is 5.91 Å². The number of thiazole rings is 1. The fourth-order valence-electron chi connectivity index (χ4n) is 2.71. The van der Waals surface area contributed by atoms with E-state index in [1.54, 1.807) is 11.3 Å². The third kappa shape index (κ3) is 4.06. The second-order valence-corrected chi connectivity index (χ2v) is 7.88. The number of anilines is 2. The number of hydrogen-bond donors (Lipinski definition) is 2. The van der Waals surface area contributed by atoms with Crippen molar-refractivity contribution in [2.24, 2.45) is 0 Å². The maximum atomic E-state index is 12.7. The lowest BCUT2D eigenvalue weighted by atomic mass is 10.1. The zero-order valence-electron chi connectivity index (χ0n) is 15.3. The molecule has 138 valence electrons. The lowest BCUT2D eigenvalue weighted by molar-refractivity contribution is 0.103. The van der Waals surface area contributed by atoms with Crippen molar-refractivity contribution in [2.45, 2.75) is 27.3 Å². The Hall–Kier alpha value is -1.96. The highest BCUT2D eigenvalue weighted by atomic mass is 32.1. The summed E-state index contributed by atoms with van der Waals surface area (Å²) in [6.45, 7) is 9.83. The van der Waals surface area contributed by atoms with Crippen LogP contribution in [0.4, 0.5) is 10.8 Å². The van der Waals surface area contributed by atoms with Crippen molar-refractivity contribution in [2.75, 3.05) is 29.9 Å². The summed E-state index contributed by atoms with van der Waals surface area (Å²) in [5.74, 6) is -0.0754. The fourth-order valence-corrected chi connectivity index (χ4v) is 4.94. The number of thiophene rings is 1. The van der Waals surface area contributed by atoms with E-state index in [9.17, 15) is 4.79 Å². The predicted molar refractivity (Wildman–Crippen MR) is 113 cm³/mol. The van der Waals surface area contributed by atoms with Crippen LogP contribution in [0.5, 0.6) is 0 Å². The van der Waals surface area contributed by atoms with Gasteiger partial charge in [-0.3, -0.25) is 4.79 Å². The Morgan fingerprint density at radius 1 is 1.15 bits per heavy atom. The number of nitrogens with one attached hydrogen (secondary N) is 2. The van der Waals surface area contributed by atoms with E-state index in [1.807, 2.05) is 30.3 Å². The van der Waals surface area contributed by atoms with Crippen molar-refractivity contribution in [3.63, 3.8) is 0 Å². The van der Waals surface area contributed by atoms with Gasteiger partial charge in [0.05, 0.1) is 9.58 Å². The summed E-state index contributed by atoms with van der Waals surface area (Å²) in [5.41, 5.74) is 1.94. The van der Waals surface area contributed by atoms with Crippen LogP contribution in [0.15, 0.2) is 30.3 Å². The van der Waals surface area contributed by atoms with Crippen LogP contribution < -0.4 is 15.5 Å². The van der Waals surface area contributed by atoms with E-state index in [2.05, 4.69) is 36.3 Å². The van der Waals surface area contributed by atoms with E-state index in [0.29, 0.717) is 4.88 Å². The molecule has 3 rings (SSSR count). The summed E-state index contributed by atoms with van der Waals surface area (Å²) >= 11 is 3.10. The number of carbonyl (C=O) groups is 1. The summed E-state index contributed by atoms with van der Waals surface area (Å²) < 4.78 is 1.07. The molecule has 2 N–H and O–H groups in total. The molecule has 0 radical (unpaired) electrons. The number of rotatable bonds is 8. The first kappa shape index (κ1) is 18.8. The first-order chi connectivity index (χ1) is 12.7. The van der Waals surface area contributed by atoms with Crippen molar-refractivity contribution in [1.29, 1.82) is 0 Å². The van der Waals surface area contributed by atoms with Gasteiger partial charge in [0.1, 0.15) is 4.83 Å². The molecule has 0 atom stereocenters. The molecule has 26 heavy (non-hydrogen) atoms. The average molecular weight is 389 g/mol. The van der Waals surface area contributed by atoms with E-state index in [0.717, 1.165) is 52.1 Å². The highest BCUT2D eigenvalue weighted by Crippen LogP contribution is 2.35. The Kier molecular flexibility index (Phi) is 6.24. The molecule has 7 heteroatoms. The predicted octanol–water partition coefficient (Wildman–Crippen LogP) is 4.57. The molecule has 0 fully saturated rings. The third-order valence-electron chi connectivity index (χ3n) is 4.17. The van der Waals surface area contributed by atoms with E-state index < -0.39 is 0 Å². The second-order valence-electron chi connectivity index (χ2n) is 5.84. The van der Waals surface area contributed by atoms with E-state index >= 15 is 0 Å². The highest BCUT2D eigenvalue weighted by molar-refractivity contribution is 7.29. The number of nitrogens with zero attached hydrogens (tertiary/aromatic N) is 2. The lowest BCUT2D eigenvalue weighted by Crippen LogP contribution is -2.21. The van der Waals surface area contributed by atoms with Gasteiger partial charge in [0, 0.05) is 25.3 Å². The molecule has 3 aromatic rings. The largest absolute Gasteiger partial charge is 0.349 e. The summed E-state index contributed by atoms with van der Waals surface area (Å²) in [4.78, 5) is 21.2. The standard InChI is InChI=1S/C19H24N4OS2/c1-4-20-12-13-9-7-8-10-14(13)21-17(24)15-11-16-18(25-15)22-19(26-16)23(5-2)6-3/h7-11,20H,4-6,12H2,1-3H3,(H,21,24). The summed E-state index contributed by atoms with van der Waals surface area (Å²) in [6, 6.07) is 9.85. The van der Waals surface area contributed by atoms with Crippen LogP contribution in [-0.4, -0.2) is 30.5 Å². The SMILES string of the molecule is CCNCc1ccccc1NC(=O)c1cc2sc(N(CC)CC)nc2s1. The maximum Gasteiger partial charge on any atom is 0.265 e. The summed E-state index contributed by atoms with van der Waals surface area (Å²) in [7, 11) is 0. The van der Waals surface area contributed by atoms with Gasteiger partial charge < -0.3 is 15.5 Å². The van der Waals surface area contributed by atoms with Crippen molar-refractivity contribution >= 4 is 48.9 Å². The Morgan fingerprint density at radius 2 is 1.92 bits per heavy atom. The van der Waals surface area contributed by atoms with E-state index in [-0.39, 0.29) is 5.91 Å². The van der Waals surface area contributed by atoms with Crippen LogP contribution >= 0.6 is 22.7 Å². The molecule has 0 aliphatic rings. The van der Waals surface area contributed by atoms with Crippen LogP contribution in [0, 0.1) is 0 Å². The van der Waals surface area contributed by atoms with E-state index in [1.165, 1.54) is 11.3 Å². The quantitative estimate of drug-likeness (QED) is 0.594. The molecule has 1 amide bonds. The van der Waals surface area contributed by atoms with Gasteiger partial charge in [-0.25, -0.2) is 4.98 Å². The Balaban J connectivity index is 1.77. The number of aromatic nitrogens is 1. The van der Waals surface area contributed by atoms with Crippen molar-refractivity contribution in [1.82, 2.24) is 10.3 Å². The summed E-state index contributed by atoms with van der Waals surface area (Å²) in [5, 5.41) is 7.37. The van der Waals surface area contributed by atoms with Gasteiger partial charge in [-0.2, -0.15) is 0 Å². The van der Waals surface area contributed by atoms with Gasteiger partial charge in [-0.15, -0.1) is 11.3 Å². The van der Waals surface area contributed by atoms with Crippen molar-refractivity contribution in [3.05, 3.63) is 40.8 Å². The van der Waals surface area contributed by atoms with Crippen LogP contribution in [0.1, 0.15) is 36.0 Å². The van der Waals surface area contributed by atoms with Gasteiger partial charge in [-0.1, -0.05) is 36.5 Å². The van der Waals surface area contributed by atoms with Gasteiger partial charge in [0.15, 0.2) is 5.13 Å². The topological polar surface area (TPSA) is 57.3 Å². The number of para-hydroxylation sites is 1. The number of hydrogen-bond acceptors (Lipinski definition) is 6.